The van der Waals surface area contributed by atoms with Gasteiger partial charge in [0.05, 0.1) is 24.9 Å². The lowest BCUT2D eigenvalue weighted by molar-refractivity contribution is 0.0447. The number of fused-ring (bicyclic) bond motifs is 1. The van der Waals surface area contributed by atoms with Crippen LogP contribution in [0.25, 0.3) is 0 Å². The molecule has 6 nitrogen and oxygen atoms in total. The summed E-state index contributed by atoms with van der Waals surface area (Å²) in [5, 5.41) is 0. The zero-order valence-corrected chi connectivity index (χ0v) is 15.4. The van der Waals surface area contributed by atoms with Crippen molar-refractivity contribution in [3.05, 3.63) is 65.2 Å². The van der Waals surface area contributed by atoms with Crippen LogP contribution in [0.4, 0.5) is 0 Å². The maximum atomic E-state index is 12.5. The van der Waals surface area contributed by atoms with Gasteiger partial charge in [-0.3, -0.25) is 24.3 Å². The summed E-state index contributed by atoms with van der Waals surface area (Å²) in [4.78, 5) is 30.9. The van der Waals surface area contributed by atoms with Crippen molar-refractivity contribution < 1.29 is 14.3 Å². The van der Waals surface area contributed by atoms with Crippen molar-refractivity contribution in [1.29, 1.82) is 0 Å². The summed E-state index contributed by atoms with van der Waals surface area (Å²) in [5.74, 6) is 0.501. The largest absolute Gasteiger partial charge is 0.497 e. The van der Waals surface area contributed by atoms with E-state index in [4.69, 9.17) is 4.74 Å². The predicted octanol–water partition coefficient (Wildman–Crippen LogP) is 2.07. The predicted molar refractivity (Wildman–Crippen MR) is 102 cm³/mol. The minimum Gasteiger partial charge on any atom is -0.497 e. The van der Waals surface area contributed by atoms with E-state index in [0.29, 0.717) is 17.8 Å². The third-order valence-electron chi connectivity index (χ3n) is 5.22. The average Bonchev–Trinajstić information content (AvgIpc) is 2.95. The lowest BCUT2D eigenvalue weighted by Crippen LogP contribution is -2.50. The van der Waals surface area contributed by atoms with Crippen LogP contribution in [-0.2, 0) is 6.54 Å². The molecule has 0 spiro atoms. The highest BCUT2D eigenvalue weighted by Gasteiger charge is 2.36. The van der Waals surface area contributed by atoms with E-state index in [2.05, 4.69) is 21.9 Å². The molecule has 1 fully saturated rings. The fourth-order valence-electron chi connectivity index (χ4n) is 3.69. The number of benzene rings is 2. The molecule has 0 saturated carbocycles. The van der Waals surface area contributed by atoms with Gasteiger partial charge in [0.1, 0.15) is 5.75 Å². The van der Waals surface area contributed by atoms with Crippen molar-refractivity contribution in [3.8, 4) is 5.75 Å². The van der Waals surface area contributed by atoms with Crippen LogP contribution in [0.1, 0.15) is 26.3 Å². The Morgan fingerprint density at radius 1 is 0.852 bits per heavy atom. The van der Waals surface area contributed by atoms with Crippen molar-refractivity contribution in [2.24, 2.45) is 0 Å². The molecule has 0 unspecified atom stereocenters. The standard InChI is InChI=1S/C21H23N3O3/c1-27-17-6-4-5-16(13-17)14-22-9-11-23(12-10-22)15-24-20(25)18-7-2-3-8-19(18)21(24)26/h2-8,13H,9-12,14-15H2,1H3. The summed E-state index contributed by atoms with van der Waals surface area (Å²) in [6.07, 6.45) is 0. The minimum atomic E-state index is -0.186. The minimum absolute atomic E-state index is 0.186. The molecule has 140 valence electrons. The third kappa shape index (κ3) is 3.59. The molecule has 27 heavy (non-hydrogen) atoms. The summed E-state index contributed by atoms with van der Waals surface area (Å²) in [6, 6.07) is 15.2. The van der Waals surface area contributed by atoms with Crippen LogP contribution in [0.3, 0.4) is 0 Å². The number of piperazine rings is 1. The van der Waals surface area contributed by atoms with E-state index in [0.717, 1.165) is 38.5 Å². The summed E-state index contributed by atoms with van der Waals surface area (Å²) in [7, 11) is 1.68. The molecule has 0 aliphatic carbocycles. The molecule has 0 radical (unpaired) electrons. The second kappa shape index (κ2) is 7.50. The van der Waals surface area contributed by atoms with Crippen LogP contribution in [0.5, 0.6) is 5.75 Å². The molecule has 2 amide bonds. The van der Waals surface area contributed by atoms with Crippen molar-refractivity contribution in [2.75, 3.05) is 40.0 Å². The second-order valence-corrected chi connectivity index (χ2v) is 6.97. The van der Waals surface area contributed by atoms with E-state index in [1.165, 1.54) is 10.5 Å². The van der Waals surface area contributed by atoms with E-state index < -0.39 is 0 Å². The highest BCUT2D eigenvalue weighted by atomic mass is 16.5. The lowest BCUT2D eigenvalue weighted by atomic mass is 10.1. The zero-order chi connectivity index (χ0) is 18.8. The number of imide groups is 1. The summed E-state index contributed by atoms with van der Waals surface area (Å²) < 4.78 is 5.29. The first-order chi connectivity index (χ1) is 13.2. The van der Waals surface area contributed by atoms with Crippen molar-refractivity contribution in [3.63, 3.8) is 0 Å². The number of amides is 2. The zero-order valence-electron chi connectivity index (χ0n) is 15.4. The number of hydrogen-bond donors (Lipinski definition) is 0. The lowest BCUT2D eigenvalue weighted by Gasteiger charge is -2.36. The molecule has 2 heterocycles. The number of ether oxygens (including phenoxy) is 1. The molecule has 4 rings (SSSR count). The van der Waals surface area contributed by atoms with E-state index in [-0.39, 0.29) is 11.8 Å². The van der Waals surface area contributed by atoms with Crippen LogP contribution in [0, 0.1) is 0 Å². The summed E-state index contributed by atoms with van der Waals surface area (Å²) in [6.45, 7) is 4.70. The molecule has 1 saturated heterocycles. The van der Waals surface area contributed by atoms with Crippen LogP contribution in [0.2, 0.25) is 0 Å². The molecule has 2 aliphatic rings. The summed E-state index contributed by atoms with van der Waals surface area (Å²) >= 11 is 0. The van der Waals surface area contributed by atoms with Crippen LogP contribution >= 0.6 is 0 Å². The molecule has 2 aromatic rings. The van der Waals surface area contributed by atoms with E-state index in [1.807, 2.05) is 12.1 Å². The smallest absolute Gasteiger partial charge is 0.262 e. The van der Waals surface area contributed by atoms with Gasteiger partial charge in [-0.1, -0.05) is 24.3 Å². The molecule has 2 aliphatic heterocycles. The number of methoxy groups -OCH3 is 1. The first kappa shape index (κ1) is 17.7. The fourth-order valence-corrected chi connectivity index (χ4v) is 3.69. The first-order valence-electron chi connectivity index (χ1n) is 9.18. The second-order valence-electron chi connectivity index (χ2n) is 6.97. The van der Waals surface area contributed by atoms with Gasteiger partial charge in [0.15, 0.2) is 0 Å². The van der Waals surface area contributed by atoms with Gasteiger partial charge in [-0.2, -0.15) is 0 Å². The Morgan fingerprint density at radius 2 is 1.48 bits per heavy atom. The Kier molecular flexibility index (Phi) is 4.92. The van der Waals surface area contributed by atoms with Crippen LogP contribution in [0.15, 0.2) is 48.5 Å². The number of rotatable bonds is 5. The molecular formula is C21H23N3O3. The number of hydrogen-bond acceptors (Lipinski definition) is 5. The van der Waals surface area contributed by atoms with E-state index in [1.54, 1.807) is 31.4 Å². The monoisotopic (exact) mass is 365 g/mol. The van der Waals surface area contributed by atoms with Gasteiger partial charge >= 0.3 is 0 Å². The fraction of sp³-hybridized carbons (Fsp3) is 0.333. The van der Waals surface area contributed by atoms with Crippen LogP contribution < -0.4 is 4.74 Å². The quantitative estimate of drug-likeness (QED) is 0.760. The Labute approximate surface area is 158 Å². The van der Waals surface area contributed by atoms with Crippen molar-refractivity contribution >= 4 is 11.8 Å². The van der Waals surface area contributed by atoms with Crippen molar-refractivity contribution in [2.45, 2.75) is 6.54 Å². The van der Waals surface area contributed by atoms with Gasteiger partial charge in [0.25, 0.3) is 11.8 Å². The normalized spacial score (nSPS) is 18.0. The highest BCUT2D eigenvalue weighted by molar-refractivity contribution is 6.21. The number of carbonyl (C=O) groups is 2. The van der Waals surface area contributed by atoms with Crippen LogP contribution in [-0.4, -0.2) is 66.5 Å². The highest BCUT2D eigenvalue weighted by Crippen LogP contribution is 2.23. The van der Waals surface area contributed by atoms with Crippen molar-refractivity contribution in [1.82, 2.24) is 14.7 Å². The van der Waals surface area contributed by atoms with Gasteiger partial charge in [0, 0.05) is 32.7 Å². The molecule has 0 N–H and O–H groups in total. The van der Waals surface area contributed by atoms with E-state index >= 15 is 0 Å². The molecule has 0 bridgehead atoms. The van der Waals surface area contributed by atoms with E-state index in [9.17, 15) is 9.59 Å². The first-order valence-corrected chi connectivity index (χ1v) is 9.18. The van der Waals surface area contributed by atoms with Gasteiger partial charge < -0.3 is 4.74 Å². The molecule has 0 aromatic heterocycles. The SMILES string of the molecule is COc1cccc(CN2CCN(CN3C(=O)c4ccccc4C3=O)CC2)c1. The Hall–Kier alpha value is -2.70. The maximum absolute atomic E-state index is 12.5. The molecular weight excluding hydrogens is 342 g/mol. The average molecular weight is 365 g/mol. The molecule has 0 atom stereocenters. The van der Waals surface area contributed by atoms with Gasteiger partial charge in [-0.25, -0.2) is 0 Å². The molecule has 2 aromatic carbocycles. The maximum Gasteiger partial charge on any atom is 0.262 e. The van der Waals surface area contributed by atoms with Gasteiger partial charge in [-0.05, 0) is 29.8 Å². The third-order valence-corrected chi connectivity index (χ3v) is 5.22. The van der Waals surface area contributed by atoms with Gasteiger partial charge in [0.2, 0.25) is 0 Å². The number of carbonyl (C=O) groups excluding carboxylic acids is 2. The molecule has 6 heteroatoms. The summed E-state index contributed by atoms with van der Waals surface area (Å²) in [5.41, 5.74) is 2.25. The topological polar surface area (TPSA) is 53.1 Å². The Morgan fingerprint density at radius 3 is 2.11 bits per heavy atom. The Balaban J connectivity index is 1.32. The van der Waals surface area contributed by atoms with Gasteiger partial charge in [-0.15, -0.1) is 0 Å². The number of nitrogens with zero attached hydrogens (tertiary/aromatic N) is 3. The Bertz CT molecular complexity index is 824.